The Kier molecular flexibility index (Phi) is 20.7. The van der Waals surface area contributed by atoms with Crippen molar-refractivity contribution >= 4 is 12.2 Å². The van der Waals surface area contributed by atoms with Crippen molar-refractivity contribution in [3.63, 3.8) is 0 Å². The Balaban J connectivity index is 0.00000189. The molecule has 1 amide bonds. The predicted molar refractivity (Wildman–Crippen MR) is 142 cm³/mol. The minimum atomic E-state index is 0.0339. The third kappa shape index (κ3) is 16.4. The van der Waals surface area contributed by atoms with Crippen LogP contribution < -0.4 is 11.1 Å². The number of unbranched alkanes of at least 4 members (excludes halogenated alkanes) is 4. The summed E-state index contributed by atoms with van der Waals surface area (Å²) >= 11 is 0. The van der Waals surface area contributed by atoms with Gasteiger partial charge >= 0.3 is 0 Å². The van der Waals surface area contributed by atoms with Gasteiger partial charge in [-0.15, -0.1) is 0 Å². The molecule has 0 heterocycles. The van der Waals surface area contributed by atoms with Crippen molar-refractivity contribution in [1.82, 2.24) is 5.32 Å². The van der Waals surface area contributed by atoms with Crippen LogP contribution in [0.1, 0.15) is 114 Å². The first-order chi connectivity index (χ1) is 16.1. The molecule has 1 atom stereocenters. The highest BCUT2D eigenvalue weighted by atomic mass is 16.5. The van der Waals surface area contributed by atoms with Crippen molar-refractivity contribution in [1.29, 1.82) is 5.41 Å². The highest BCUT2D eigenvalue weighted by molar-refractivity contribution is 5.94. The molecule has 0 bridgehead atoms. The number of benzene rings is 1. The Labute approximate surface area is 203 Å². The molecule has 1 unspecified atom stereocenters. The smallest absolute Gasteiger partial charge is 0.251 e. The number of carbonyl (C=O) groups is 1. The molecule has 0 spiro atoms. The molecule has 1 aromatic carbocycles. The van der Waals surface area contributed by atoms with Crippen molar-refractivity contribution in [3.05, 3.63) is 35.4 Å². The van der Waals surface area contributed by atoms with Crippen LogP contribution in [0.2, 0.25) is 0 Å². The number of hydrogen-bond donors (Lipinski definition) is 3. The first-order valence-electron chi connectivity index (χ1n) is 13.3. The molecular weight excluding hydrogens is 410 g/mol. The van der Waals surface area contributed by atoms with Crippen molar-refractivity contribution in [2.75, 3.05) is 13.2 Å². The Bertz CT molecular complexity index is 583. The monoisotopic (exact) mass is 461 g/mol. The third-order valence-electron chi connectivity index (χ3n) is 6.04. The second kappa shape index (κ2) is 21.9. The molecule has 5 nitrogen and oxygen atoms in total. The molecule has 4 N–H and O–H groups in total. The lowest BCUT2D eigenvalue weighted by molar-refractivity contribution is 0.0824. The van der Waals surface area contributed by atoms with Gasteiger partial charge in [-0.1, -0.05) is 71.4 Å². The van der Waals surface area contributed by atoms with Gasteiger partial charge in [-0.25, -0.2) is 0 Å². The molecule has 1 saturated carbocycles. The lowest BCUT2D eigenvalue weighted by atomic mass is 9.90. The molecule has 1 aliphatic carbocycles. The largest absolute Gasteiger partial charge is 0.390 e. The Morgan fingerprint density at radius 3 is 2.27 bits per heavy atom. The number of nitrogens with one attached hydrogen (secondary N) is 2. The van der Waals surface area contributed by atoms with Crippen LogP contribution in [-0.4, -0.2) is 31.5 Å². The number of amides is 1. The second-order valence-electron chi connectivity index (χ2n) is 8.74. The zero-order valence-electron chi connectivity index (χ0n) is 21.8. The highest BCUT2D eigenvalue weighted by Crippen LogP contribution is 2.23. The molecule has 0 aliphatic heterocycles. The maximum Gasteiger partial charge on any atom is 0.251 e. The fraction of sp³-hybridized carbons (Fsp3) is 0.714. The van der Waals surface area contributed by atoms with Crippen molar-refractivity contribution < 1.29 is 9.53 Å². The summed E-state index contributed by atoms with van der Waals surface area (Å²) in [4.78, 5) is 12.1. The first kappa shape index (κ1) is 31.1. The van der Waals surface area contributed by atoms with Crippen molar-refractivity contribution in [2.45, 2.75) is 111 Å². The lowest BCUT2D eigenvalue weighted by Crippen LogP contribution is -2.31. The van der Waals surface area contributed by atoms with E-state index in [1.807, 2.05) is 32.9 Å². The molecule has 2 rings (SSSR count). The summed E-state index contributed by atoms with van der Waals surface area (Å²) in [6.07, 6.45) is 16.1. The summed E-state index contributed by atoms with van der Waals surface area (Å²) in [6.45, 7) is 10.1. The van der Waals surface area contributed by atoms with E-state index in [0.717, 1.165) is 43.9 Å². The van der Waals surface area contributed by atoms with E-state index in [0.29, 0.717) is 0 Å². The quantitative estimate of drug-likeness (QED) is 0.170. The zero-order valence-corrected chi connectivity index (χ0v) is 21.8. The summed E-state index contributed by atoms with van der Waals surface area (Å²) in [5, 5.41) is 8.88. The molecule has 0 radical (unpaired) electrons. The molecule has 33 heavy (non-hydrogen) atoms. The van der Waals surface area contributed by atoms with Gasteiger partial charge in [0.2, 0.25) is 0 Å². The molecular formula is C28H51N3O2. The van der Waals surface area contributed by atoms with E-state index < -0.39 is 0 Å². The van der Waals surface area contributed by atoms with Crippen molar-refractivity contribution in [3.8, 4) is 0 Å². The van der Waals surface area contributed by atoms with Crippen LogP contribution in [0, 0.1) is 11.3 Å². The van der Waals surface area contributed by atoms with Crippen LogP contribution in [0.4, 0.5) is 0 Å². The molecule has 190 valence electrons. The number of carbonyl (C=O) groups excluding carboxylic acids is 1. The van der Waals surface area contributed by atoms with Gasteiger partial charge in [0.05, 0.1) is 6.34 Å². The Morgan fingerprint density at radius 2 is 1.67 bits per heavy atom. The van der Waals surface area contributed by atoms with Crippen molar-refractivity contribution in [2.24, 2.45) is 11.7 Å². The van der Waals surface area contributed by atoms with E-state index in [2.05, 4.69) is 30.1 Å². The van der Waals surface area contributed by atoms with Crippen LogP contribution in [0.15, 0.2) is 24.3 Å². The number of rotatable bonds is 13. The summed E-state index contributed by atoms with van der Waals surface area (Å²) in [6, 6.07) is 8.34. The lowest BCUT2D eigenvalue weighted by Gasteiger charge is -2.21. The molecule has 1 aromatic rings. The SMILES string of the molecule is CC.CCC(C)NC(=O)c1ccc(CCCCCCCOCC2CCCCC2)cc1.N=CN. The van der Waals surface area contributed by atoms with Crippen LogP contribution >= 0.6 is 0 Å². The average Bonchev–Trinajstić information content (AvgIpc) is 2.85. The number of ether oxygens (including phenoxy) is 1. The zero-order chi connectivity index (χ0) is 24.7. The number of hydrogen-bond acceptors (Lipinski definition) is 3. The van der Waals surface area contributed by atoms with Gasteiger partial charge in [0.15, 0.2) is 0 Å². The van der Waals surface area contributed by atoms with Gasteiger partial charge in [-0.3, -0.25) is 10.2 Å². The van der Waals surface area contributed by atoms with Gasteiger partial charge in [-0.2, -0.15) is 0 Å². The molecule has 0 aromatic heterocycles. The number of aryl methyl sites for hydroxylation is 1. The van der Waals surface area contributed by atoms with Gasteiger partial charge in [0.25, 0.3) is 5.91 Å². The maximum atomic E-state index is 12.1. The topological polar surface area (TPSA) is 88.2 Å². The first-order valence-corrected chi connectivity index (χ1v) is 13.3. The summed E-state index contributed by atoms with van der Waals surface area (Å²) < 4.78 is 5.88. The van der Waals surface area contributed by atoms with E-state index in [1.165, 1.54) is 69.8 Å². The van der Waals surface area contributed by atoms with Gasteiger partial charge in [-0.05, 0) is 69.1 Å². The highest BCUT2D eigenvalue weighted by Gasteiger charge is 2.13. The van der Waals surface area contributed by atoms with E-state index in [1.54, 1.807) is 0 Å². The molecule has 1 fully saturated rings. The fourth-order valence-corrected chi connectivity index (χ4v) is 3.90. The molecule has 5 heteroatoms. The average molecular weight is 462 g/mol. The summed E-state index contributed by atoms with van der Waals surface area (Å²) in [5.74, 6) is 0.868. The Morgan fingerprint density at radius 1 is 1.09 bits per heavy atom. The van der Waals surface area contributed by atoms with Gasteiger partial charge in [0.1, 0.15) is 0 Å². The molecule has 1 aliphatic rings. The maximum absolute atomic E-state index is 12.1. The van der Waals surface area contributed by atoms with Crippen LogP contribution in [0.5, 0.6) is 0 Å². The molecule has 0 saturated heterocycles. The van der Waals surface area contributed by atoms with E-state index >= 15 is 0 Å². The van der Waals surface area contributed by atoms with Crippen LogP contribution in [-0.2, 0) is 11.2 Å². The van der Waals surface area contributed by atoms with Crippen LogP contribution in [0.25, 0.3) is 0 Å². The number of nitrogens with two attached hydrogens (primary N) is 1. The standard InChI is InChI=1S/C25H41NO2.C2H6.CH4N2/c1-3-21(2)26-25(27)24-17-15-22(16-18-24)12-8-5-4-6-11-19-28-20-23-13-9-7-10-14-23;1-2;2-1-3/h15-18,21,23H,3-14,19-20H2,1-2H3,(H,26,27);1-2H3;1H,(H3,2,3). The van der Waals surface area contributed by atoms with Gasteiger partial charge in [0, 0.05) is 24.8 Å². The predicted octanol–water partition coefficient (Wildman–Crippen LogP) is 6.88. The van der Waals surface area contributed by atoms with E-state index in [9.17, 15) is 4.79 Å². The van der Waals surface area contributed by atoms with Crippen LogP contribution in [0.3, 0.4) is 0 Å². The van der Waals surface area contributed by atoms with E-state index in [-0.39, 0.29) is 11.9 Å². The fourth-order valence-electron chi connectivity index (χ4n) is 3.90. The Hall–Kier alpha value is -1.88. The minimum Gasteiger partial charge on any atom is -0.390 e. The van der Waals surface area contributed by atoms with E-state index in [4.69, 9.17) is 10.1 Å². The normalized spacial score (nSPS) is 14.2. The second-order valence-corrected chi connectivity index (χ2v) is 8.74. The minimum absolute atomic E-state index is 0.0339. The van der Waals surface area contributed by atoms with Gasteiger partial charge < -0.3 is 15.8 Å². The third-order valence-corrected chi connectivity index (χ3v) is 6.04. The summed E-state index contributed by atoms with van der Waals surface area (Å²) in [7, 11) is 0. The summed E-state index contributed by atoms with van der Waals surface area (Å²) in [5.41, 5.74) is 6.48.